The van der Waals surface area contributed by atoms with Gasteiger partial charge >= 0.3 is 17.9 Å². The molecule has 1 aliphatic rings. The number of alkyl halides is 1. The average molecular weight is 781 g/mol. The van der Waals surface area contributed by atoms with E-state index in [4.69, 9.17) is 14.2 Å². The van der Waals surface area contributed by atoms with E-state index in [0.29, 0.717) is 29.1 Å². The van der Waals surface area contributed by atoms with Gasteiger partial charge in [0.15, 0.2) is 0 Å². The third kappa shape index (κ3) is 12.3. The normalized spacial score (nSPS) is 20.9. The molecular weight excluding hydrogens is 727 g/mol. The molecule has 0 aliphatic heterocycles. The van der Waals surface area contributed by atoms with Gasteiger partial charge in [0.1, 0.15) is 19.8 Å². The first-order valence-electron chi connectivity index (χ1n) is 17.9. The quantitative estimate of drug-likeness (QED) is 0.0588. The van der Waals surface area contributed by atoms with Crippen LogP contribution in [0.3, 0.4) is 0 Å². The third-order valence-electron chi connectivity index (χ3n) is 10.2. The van der Waals surface area contributed by atoms with E-state index in [0.717, 1.165) is 36.0 Å². The number of carbonyl (C=O) groups excluding carboxylic acids is 3. The standard InChI is InChI=1S/C42H53IO6/c1-29(2)36(40(44)47-26-32-14-8-5-9-15-32)22-20-30(3)37(41(45)48-27-33-16-10-6-11-17-33)23-21-35-25-39(43)31(4)24-38(35)42(46)49-28-34-18-12-7-13-19-34/h5-19,29-31,35-39H,20-28H2,1-4H3. The van der Waals surface area contributed by atoms with Crippen LogP contribution >= 0.6 is 22.6 Å². The molecule has 0 saturated heterocycles. The highest BCUT2D eigenvalue weighted by molar-refractivity contribution is 14.1. The van der Waals surface area contributed by atoms with Crippen molar-refractivity contribution >= 4 is 40.5 Å². The van der Waals surface area contributed by atoms with Crippen molar-refractivity contribution in [1.29, 1.82) is 0 Å². The number of halogens is 1. The maximum absolute atomic E-state index is 13.8. The number of benzene rings is 3. The first kappa shape index (κ1) is 38.6. The molecule has 0 radical (unpaired) electrons. The number of carbonyl (C=O) groups is 3. The molecular formula is C42H53IO6. The average Bonchev–Trinajstić information content (AvgIpc) is 3.11. The van der Waals surface area contributed by atoms with Crippen molar-refractivity contribution in [2.45, 2.75) is 90.0 Å². The Kier molecular flexibility index (Phi) is 15.6. The molecule has 3 aromatic carbocycles. The molecule has 4 rings (SSSR count). The van der Waals surface area contributed by atoms with Gasteiger partial charge in [-0.05, 0) is 78.9 Å². The maximum atomic E-state index is 13.8. The fraction of sp³-hybridized carbons (Fsp3) is 0.500. The van der Waals surface area contributed by atoms with Crippen LogP contribution in [0.2, 0.25) is 0 Å². The van der Waals surface area contributed by atoms with E-state index in [2.05, 4.69) is 36.4 Å². The smallest absolute Gasteiger partial charge is 0.309 e. The molecule has 264 valence electrons. The summed E-state index contributed by atoms with van der Waals surface area (Å²) in [6, 6.07) is 29.2. The van der Waals surface area contributed by atoms with Crippen LogP contribution in [0.25, 0.3) is 0 Å². The van der Waals surface area contributed by atoms with E-state index < -0.39 is 0 Å². The van der Waals surface area contributed by atoms with Crippen molar-refractivity contribution in [3.8, 4) is 0 Å². The Morgan fingerprint density at radius 2 is 1.12 bits per heavy atom. The van der Waals surface area contributed by atoms with Crippen molar-refractivity contribution in [2.24, 2.45) is 41.4 Å². The van der Waals surface area contributed by atoms with Gasteiger partial charge in [0, 0.05) is 3.92 Å². The van der Waals surface area contributed by atoms with Crippen LogP contribution in [-0.2, 0) is 48.4 Å². The number of esters is 3. The zero-order chi connectivity index (χ0) is 35.2. The lowest BCUT2D eigenvalue weighted by Gasteiger charge is -2.37. The molecule has 6 nitrogen and oxygen atoms in total. The van der Waals surface area contributed by atoms with Crippen LogP contribution < -0.4 is 0 Å². The SMILES string of the molecule is CC(C)C(CCC(C)C(CCC1CC(I)C(C)CC1C(=O)OCc1ccccc1)C(=O)OCc1ccccc1)C(=O)OCc1ccccc1. The molecule has 3 aromatic rings. The minimum absolute atomic E-state index is 0.0205. The summed E-state index contributed by atoms with van der Waals surface area (Å²) < 4.78 is 18.0. The molecule has 0 bridgehead atoms. The van der Waals surface area contributed by atoms with Crippen LogP contribution in [0.1, 0.15) is 82.9 Å². The van der Waals surface area contributed by atoms with Crippen LogP contribution in [0.4, 0.5) is 0 Å². The molecule has 1 fully saturated rings. The summed E-state index contributed by atoms with van der Waals surface area (Å²) in [4.78, 5) is 40.5. The van der Waals surface area contributed by atoms with Crippen molar-refractivity contribution in [3.63, 3.8) is 0 Å². The summed E-state index contributed by atoms with van der Waals surface area (Å²) in [6.07, 6.45) is 4.36. The minimum Gasteiger partial charge on any atom is -0.461 e. The summed E-state index contributed by atoms with van der Waals surface area (Å²) in [5, 5.41) is 0. The molecule has 7 heteroatoms. The molecule has 0 heterocycles. The molecule has 0 aromatic heterocycles. The topological polar surface area (TPSA) is 78.9 Å². The fourth-order valence-corrected chi connectivity index (χ4v) is 7.88. The zero-order valence-corrected chi connectivity index (χ0v) is 31.6. The first-order valence-corrected chi connectivity index (χ1v) is 19.1. The Labute approximate surface area is 306 Å². The van der Waals surface area contributed by atoms with Crippen LogP contribution in [0.5, 0.6) is 0 Å². The van der Waals surface area contributed by atoms with Gasteiger partial charge in [0.25, 0.3) is 0 Å². The molecule has 0 N–H and O–H groups in total. The highest BCUT2D eigenvalue weighted by Crippen LogP contribution is 2.42. The Morgan fingerprint density at radius 1 is 0.653 bits per heavy atom. The predicted molar refractivity (Wildman–Crippen MR) is 201 cm³/mol. The molecule has 49 heavy (non-hydrogen) atoms. The molecule has 7 atom stereocenters. The van der Waals surface area contributed by atoms with Crippen molar-refractivity contribution in [1.82, 2.24) is 0 Å². The lowest BCUT2D eigenvalue weighted by atomic mass is 9.71. The molecule has 1 aliphatic carbocycles. The molecule has 1 saturated carbocycles. The van der Waals surface area contributed by atoms with Gasteiger partial charge in [-0.3, -0.25) is 14.4 Å². The molecule has 7 unspecified atom stereocenters. The minimum atomic E-state index is -0.357. The summed E-state index contributed by atoms with van der Waals surface area (Å²) >= 11 is 2.52. The van der Waals surface area contributed by atoms with Gasteiger partial charge in [0.2, 0.25) is 0 Å². The van der Waals surface area contributed by atoms with E-state index in [9.17, 15) is 14.4 Å². The van der Waals surface area contributed by atoms with E-state index in [1.165, 1.54) is 0 Å². The van der Waals surface area contributed by atoms with Gasteiger partial charge in [-0.15, -0.1) is 0 Å². The number of hydrogen-bond donors (Lipinski definition) is 0. The lowest BCUT2D eigenvalue weighted by molar-refractivity contribution is -0.154. The van der Waals surface area contributed by atoms with E-state index in [-0.39, 0.29) is 73.2 Å². The maximum Gasteiger partial charge on any atom is 0.309 e. The second-order valence-corrected chi connectivity index (χ2v) is 15.8. The Balaban J connectivity index is 1.43. The Bertz CT molecular complexity index is 1430. The van der Waals surface area contributed by atoms with Gasteiger partial charge in [-0.25, -0.2) is 0 Å². The summed E-state index contributed by atoms with van der Waals surface area (Å²) in [6.45, 7) is 9.14. The van der Waals surface area contributed by atoms with Crippen LogP contribution in [0.15, 0.2) is 91.0 Å². The van der Waals surface area contributed by atoms with Crippen molar-refractivity contribution in [3.05, 3.63) is 108 Å². The first-order chi connectivity index (χ1) is 23.6. The molecule has 0 spiro atoms. The number of ether oxygens (including phenoxy) is 3. The second-order valence-electron chi connectivity index (χ2n) is 14.2. The lowest BCUT2D eigenvalue weighted by Crippen LogP contribution is -2.37. The highest BCUT2D eigenvalue weighted by atomic mass is 127. The Morgan fingerprint density at radius 3 is 1.61 bits per heavy atom. The van der Waals surface area contributed by atoms with Crippen molar-refractivity contribution < 1.29 is 28.6 Å². The number of rotatable bonds is 17. The van der Waals surface area contributed by atoms with Crippen LogP contribution in [0, 0.1) is 41.4 Å². The number of hydrogen-bond acceptors (Lipinski definition) is 6. The summed E-state index contributed by atoms with van der Waals surface area (Å²) in [5.74, 6) is -0.779. The highest BCUT2D eigenvalue weighted by Gasteiger charge is 2.40. The van der Waals surface area contributed by atoms with Gasteiger partial charge in [-0.2, -0.15) is 0 Å². The van der Waals surface area contributed by atoms with Gasteiger partial charge in [0.05, 0.1) is 17.8 Å². The Hall–Kier alpha value is -3.20. The van der Waals surface area contributed by atoms with Crippen molar-refractivity contribution in [2.75, 3.05) is 0 Å². The van der Waals surface area contributed by atoms with E-state index >= 15 is 0 Å². The second kappa shape index (κ2) is 19.9. The van der Waals surface area contributed by atoms with E-state index in [1.807, 2.05) is 105 Å². The summed E-state index contributed by atoms with van der Waals surface area (Å²) in [5.41, 5.74) is 2.88. The largest absolute Gasteiger partial charge is 0.461 e. The fourth-order valence-electron chi connectivity index (χ4n) is 6.94. The molecule has 0 amide bonds. The van der Waals surface area contributed by atoms with Gasteiger partial charge in [-0.1, -0.05) is 141 Å². The van der Waals surface area contributed by atoms with Crippen LogP contribution in [-0.4, -0.2) is 21.8 Å². The summed E-state index contributed by atoms with van der Waals surface area (Å²) in [7, 11) is 0. The zero-order valence-electron chi connectivity index (χ0n) is 29.5. The van der Waals surface area contributed by atoms with E-state index in [1.54, 1.807) is 0 Å². The third-order valence-corrected chi connectivity index (χ3v) is 11.9. The predicted octanol–water partition coefficient (Wildman–Crippen LogP) is 9.77. The monoisotopic (exact) mass is 780 g/mol. The van der Waals surface area contributed by atoms with Gasteiger partial charge < -0.3 is 14.2 Å².